The maximum absolute atomic E-state index is 11.7. The molecule has 0 saturated carbocycles. The third kappa shape index (κ3) is 2.95. The molecule has 0 spiro atoms. The van der Waals surface area contributed by atoms with Crippen LogP contribution in [-0.2, 0) is 10.1 Å². The number of carbonyl (C=O) groups is 1. The van der Waals surface area contributed by atoms with Crippen LogP contribution < -0.4 is 5.56 Å². The molecule has 0 unspecified atom stereocenters. The van der Waals surface area contributed by atoms with Gasteiger partial charge < -0.3 is 5.11 Å². The Hall–Kier alpha value is -1.81. The van der Waals surface area contributed by atoms with Crippen molar-refractivity contribution in [3.8, 4) is 5.69 Å². The van der Waals surface area contributed by atoms with Gasteiger partial charge in [-0.1, -0.05) is 23.2 Å². The maximum Gasteiger partial charge on any atom is 0.353 e. The van der Waals surface area contributed by atoms with Gasteiger partial charge in [-0.2, -0.15) is 8.42 Å². The van der Waals surface area contributed by atoms with Crippen molar-refractivity contribution in [1.82, 2.24) is 9.78 Å². The minimum absolute atomic E-state index is 0.0634. The Morgan fingerprint density at radius 2 is 1.81 bits per heavy atom. The molecule has 1 aromatic carbocycles. The van der Waals surface area contributed by atoms with E-state index in [4.69, 9.17) is 32.9 Å². The van der Waals surface area contributed by atoms with Crippen molar-refractivity contribution in [2.45, 2.75) is 4.90 Å². The van der Waals surface area contributed by atoms with E-state index in [0.29, 0.717) is 0 Å². The molecule has 2 rings (SSSR count). The zero-order chi connectivity index (χ0) is 15.9. The van der Waals surface area contributed by atoms with E-state index in [9.17, 15) is 18.0 Å². The van der Waals surface area contributed by atoms with Crippen LogP contribution in [0.2, 0.25) is 10.0 Å². The van der Waals surface area contributed by atoms with Gasteiger partial charge in [-0.3, -0.25) is 14.4 Å². The first kappa shape index (κ1) is 15.6. The molecular formula is C10H6Cl2N2O6S. The molecule has 0 atom stereocenters. The fourth-order valence-corrected chi connectivity index (χ4v) is 2.91. The molecule has 11 heteroatoms. The Labute approximate surface area is 127 Å². The van der Waals surface area contributed by atoms with E-state index < -0.39 is 26.5 Å². The van der Waals surface area contributed by atoms with Gasteiger partial charge in [-0.05, 0) is 12.1 Å². The van der Waals surface area contributed by atoms with Gasteiger partial charge in [-0.15, -0.1) is 0 Å². The Balaban J connectivity index is 2.69. The predicted molar refractivity (Wildman–Crippen MR) is 73.2 cm³/mol. The third-order valence-electron chi connectivity index (χ3n) is 2.47. The van der Waals surface area contributed by atoms with E-state index in [1.807, 2.05) is 0 Å². The van der Waals surface area contributed by atoms with Crippen LogP contribution in [0.3, 0.4) is 0 Å². The Morgan fingerprint density at radius 3 is 2.29 bits per heavy atom. The van der Waals surface area contributed by atoms with Crippen LogP contribution in [-0.4, -0.2) is 33.8 Å². The molecule has 3 N–H and O–H groups in total. The average Bonchev–Trinajstić information content (AvgIpc) is 2.72. The highest BCUT2D eigenvalue weighted by molar-refractivity contribution is 7.86. The number of aromatic amines is 1. The lowest BCUT2D eigenvalue weighted by Gasteiger charge is -2.08. The molecule has 0 aliphatic rings. The molecule has 0 saturated heterocycles. The average molecular weight is 353 g/mol. The largest absolute Gasteiger partial charge is 0.477 e. The highest BCUT2D eigenvalue weighted by Gasteiger charge is 2.20. The van der Waals surface area contributed by atoms with Crippen LogP contribution in [0.5, 0.6) is 0 Å². The second-order valence-corrected chi connectivity index (χ2v) is 6.06. The van der Waals surface area contributed by atoms with Crippen LogP contribution in [0.25, 0.3) is 5.69 Å². The number of halogens is 2. The lowest BCUT2D eigenvalue weighted by Crippen LogP contribution is -2.14. The summed E-state index contributed by atoms with van der Waals surface area (Å²) in [6, 6.07) is 2.68. The van der Waals surface area contributed by atoms with E-state index >= 15 is 0 Å². The van der Waals surface area contributed by atoms with Crippen molar-refractivity contribution >= 4 is 39.3 Å². The number of benzene rings is 1. The quantitative estimate of drug-likeness (QED) is 0.716. The zero-order valence-electron chi connectivity index (χ0n) is 9.87. The molecule has 1 aromatic heterocycles. The molecule has 0 amide bonds. The Bertz CT molecular complexity index is 899. The van der Waals surface area contributed by atoms with Crippen molar-refractivity contribution in [3.05, 3.63) is 44.3 Å². The Morgan fingerprint density at radius 1 is 1.19 bits per heavy atom. The van der Waals surface area contributed by atoms with Crippen molar-refractivity contribution in [3.63, 3.8) is 0 Å². The van der Waals surface area contributed by atoms with E-state index in [1.165, 1.54) is 0 Å². The van der Waals surface area contributed by atoms with Crippen LogP contribution >= 0.6 is 23.2 Å². The van der Waals surface area contributed by atoms with Gasteiger partial charge in [-0.25, -0.2) is 9.48 Å². The highest BCUT2D eigenvalue weighted by atomic mass is 35.5. The number of H-pyrrole nitrogens is 1. The van der Waals surface area contributed by atoms with Crippen molar-refractivity contribution in [1.29, 1.82) is 0 Å². The molecule has 0 aliphatic heterocycles. The number of nitrogens with zero attached hydrogens (tertiary/aromatic N) is 1. The van der Waals surface area contributed by atoms with Crippen LogP contribution in [0.15, 0.2) is 27.9 Å². The lowest BCUT2D eigenvalue weighted by atomic mass is 10.3. The van der Waals surface area contributed by atoms with Gasteiger partial charge in [0.05, 0.1) is 15.7 Å². The second-order valence-electron chi connectivity index (χ2n) is 3.86. The number of hydrogen-bond acceptors (Lipinski definition) is 4. The normalized spacial score (nSPS) is 11.6. The van der Waals surface area contributed by atoms with E-state index in [0.717, 1.165) is 22.9 Å². The molecule has 8 nitrogen and oxygen atoms in total. The summed E-state index contributed by atoms with van der Waals surface area (Å²) >= 11 is 11.6. The summed E-state index contributed by atoms with van der Waals surface area (Å²) in [6.45, 7) is 0. The molecule has 0 radical (unpaired) electrons. The first-order valence-electron chi connectivity index (χ1n) is 5.13. The molecule has 2 aromatic rings. The van der Waals surface area contributed by atoms with Gasteiger partial charge in [0.25, 0.3) is 15.7 Å². The molecule has 1 heterocycles. The summed E-state index contributed by atoms with van der Waals surface area (Å²) in [5.41, 5.74) is -1.18. The number of nitrogens with one attached hydrogen (secondary N) is 1. The van der Waals surface area contributed by atoms with Crippen molar-refractivity contribution in [2.24, 2.45) is 0 Å². The highest BCUT2D eigenvalue weighted by Crippen LogP contribution is 2.30. The van der Waals surface area contributed by atoms with Gasteiger partial charge in [0.1, 0.15) is 10.6 Å². The van der Waals surface area contributed by atoms with Gasteiger partial charge in [0.15, 0.2) is 0 Å². The molecule has 0 bridgehead atoms. The topological polar surface area (TPSA) is 129 Å². The summed E-state index contributed by atoms with van der Waals surface area (Å²) in [7, 11) is -4.58. The second kappa shape index (κ2) is 5.19. The summed E-state index contributed by atoms with van der Waals surface area (Å²) in [5, 5.41) is 10.5. The number of hydrogen-bond donors (Lipinski definition) is 3. The summed E-state index contributed by atoms with van der Waals surface area (Å²) in [4.78, 5) is 21.8. The standard InChI is InChI=1S/C10H6Cl2N2O6S/c11-4-2-8(21(18,19)20)5(12)1-7(4)14-9(15)3-6(13-14)10(16)17/h1-3,13H,(H,16,17)(H,18,19,20). The van der Waals surface area contributed by atoms with Gasteiger partial charge >= 0.3 is 5.97 Å². The van der Waals surface area contributed by atoms with Crippen LogP contribution in [0.1, 0.15) is 10.5 Å². The zero-order valence-corrected chi connectivity index (χ0v) is 12.2. The summed E-state index contributed by atoms with van der Waals surface area (Å²) in [6.07, 6.45) is 0. The summed E-state index contributed by atoms with van der Waals surface area (Å²) in [5.74, 6) is -1.36. The third-order valence-corrected chi connectivity index (χ3v) is 4.09. The fraction of sp³-hybridized carbons (Fsp3) is 0. The van der Waals surface area contributed by atoms with E-state index in [1.54, 1.807) is 0 Å². The van der Waals surface area contributed by atoms with Gasteiger partial charge in [0.2, 0.25) is 0 Å². The van der Waals surface area contributed by atoms with Crippen molar-refractivity contribution < 1.29 is 22.9 Å². The molecule has 0 fully saturated rings. The van der Waals surface area contributed by atoms with Gasteiger partial charge in [0, 0.05) is 6.07 Å². The van der Waals surface area contributed by atoms with Crippen molar-refractivity contribution in [2.75, 3.05) is 0 Å². The molecule has 112 valence electrons. The first-order valence-corrected chi connectivity index (χ1v) is 7.33. The van der Waals surface area contributed by atoms with E-state index in [2.05, 4.69) is 5.10 Å². The number of carboxylic acids is 1. The number of rotatable bonds is 3. The molecule has 0 aliphatic carbocycles. The SMILES string of the molecule is O=C(O)c1cc(=O)n(-c2cc(Cl)c(S(=O)(=O)O)cc2Cl)[nH]1. The molecular weight excluding hydrogens is 347 g/mol. The maximum atomic E-state index is 11.7. The van der Waals surface area contributed by atoms with Crippen LogP contribution in [0, 0.1) is 0 Å². The first-order chi connectivity index (χ1) is 9.61. The Kier molecular flexibility index (Phi) is 3.85. The smallest absolute Gasteiger partial charge is 0.353 e. The number of aromatic nitrogens is 2. The molecule has 21 heavy (non-hydrogen) atoms. The minimum Gasteiger partial charge on any atom is -0.477 e. The minimum atomic E-state index is -4.58. The number of aromatic carboxylic acids is 1. The summed E-state index contributed by atoms with van der Waals surface area (Å²) < 4.78 is 31.9. The fourth-order valence-electron chi connectivity index (χ4n) is 1.57. The lowest BCUT2D eigenvalue weighted by molar-refractivity contribution is 0.0690. The van der Waals surface area contributed by atoms with Crippen LogP contribution in [0.4, 0.5) is 0 Å². The predicted octanol–water partition coefficient (Wildman–Crippen LogP) is 1.42. The monoisotopic (exact) mass is 352 g/mol. The van der Waals surface area contributed by atoms with E-state index in [-0.39, 0.29) is 21.4 Å². The number of carboxylic acid groups (broad SMARTS) is 1.